The minimum atomic E-state index is 0.202. The molecule has 82 valence electrons. The van der Waals surface area contributed by atoms with Crippen molar-refractivity contribution in [3.63, 3.8) is 0 Å². The highest BCUT2D eigenvalue weighted by molar-refractivity contribution is 6.33. The number of fused-ring (bicyclic) bond motifs is 1. The fourth-order valence-electron chi connectivity index (χ4n) is 1.52. The number of hydrogen-bond donors (Lipinski definition) is 1. The molecule has 1 aromatic heterocycles. The fraction of sp³-hybridized carbons (Fsp3) is 0.100. The van der Waals surface area contributed by atoms with Crippen molar-refractivity contribution in [1.29, 1.82) is 0 Å². The molecule has 0 bridgehead atoms. The summed E-state index contributed by atoms with van der Waals surface area (Å²) in [6.07, 6.45) is 0. The monoisotopic (exact) mass is 238 g/mol. The second-order valence-corrected chi connectivity index (χ2v) is 3.71. The lowest BCUT2D eigenvalue weighted by atomic mass is 10.1. The number of aromatic nitrogens is 1. The number of halogens is 1. The van der Waals surface area contributed by atoms with E-state index in [4.69, 9.17) is 31.3 Å². The van der Waals surface area contributed by atoms with Crippen LogP contribution in [0.1, 0.15) is 0 Å². The van der Waals surface area contributed by atoms with Gasteiger partial charge in [0, 0.05) is 17.7 Å². The Bertz CT molecular complexity index is 553. The molecule has 2 heterocycles. The SMILES string of the molecule is Nc1cc(-c2cc3c(cc2Cl)OCO3)on1. The molecule has 1 aliphatic rings. The molecule has 2 N–H and O–H groups in total. The summed E-state index contributed by atoms with van der Waals surface area (Å²) >= 11 is 6.09. The molecular weight excluding hydrogens is 232 g/mol. The van der Waals surface area contributed by atoms with Crippen LogP contribution in [0.5, 0.6) is 11.5 Å². The van der Waals surface area contributed by atoms with E-state index in [1.165, 1.54) is 0 Å². The third-order valence-electron chi connectivity index (χ3n) is 2.26. The van der Waals surface area contributed by atoms with Gasteiger partial charge < -0.3 is 19.7 Å². The maximum atomic E-state index is 6.09. The summed E-state index contributed by atoms with van der Waals surface area (Å²) in [4.78, 5) is 0. The van der Waals surface area contributed by atoms with Crippen LogP contribution in [-0.4, -0.2) is 11.9 Å². The molecular formula is C10H7ClN2O3. The lowest BCUT2D eigenvalue weighted by molar-refractivity contribution is 0.174. The molecule has 0 saturated heterocycles. The molecule has 0 saturated carbocycles. The van der Waals surface area contributed by atoms with Gasteiger partial charge in [-0.2, -0.15) is 0 Å². The summed E-state index contributed by atoms with van der Waals surface area (Å²) in [6, 6.07) is 5.02. The first-order valence-corrected chi connectivity index (χ1v) is 4.93. The number of nitrogens with zero attached hydrogens (tertiary/aromatic N) is 1. The zero-order chi connectivity index (χ0) is 11.1. The summed E-state index contributed by atoms with van der Waals surface area (Å²) in [5, 5.41) is 4.10. The van der Waals surface area contributed by atoms with Gasteiger partial charge in [-0.15, -0.1) is 0 Å². The van der Waals surface area contributed by atoms with Crippen LogP contribution in [0, 0.1) is 0 Å². The van der Waals surface area contributed by atoms with E-state index in [9.17, 15) is 0 Å². The molecule has 0 unspecified atom stereocenters. The number of hydrogen-bond acceptors (Lipinski definition) is 5. The van der Waals surface area contributed by atoms with Crippen LogP contribution >= 0.6 is 11.6 Å². The Morgan fingerprint density at radius 2 is 1.94 bits per heavy atom. The third-order valence-corrected chi connectivity index (χ3v) is 2.57. The molecule has 16 heavy (non-hydrogen) atoms. The third kappa shape index (κ3) is 1.37. The molecule has 5 nitrogen and oxygen atoms in total. The Balaban J connectivity index is 2.14. The molecule has 0 amide bonds. The maximum absolute atomic E-state index is 6.09. The van der Waals surface area contributed by atoms with E-state index in [0.717, 1.165) is 0 Å². The molecule has 2 aromatic rings. The average Bonchev–Trinajstić information content (AvgIpc) is 2.84. The van der Waals surface area contributed by atoms with Gasteiger partial charge in [0.05, 0.1) is 5.02 Å². The van der Waals surface area contributed by atoms with E-state index in [1.807, 2.05) is 0 Å². The Morgan fingerprint density at radius 1 is 1.19 bits per heavy atom. The molecule has 0 atom stereocenters. The van der Waals surface area contributed by atoms with Gasteiger partial charge in [-0.25, -0.2) is 0 Å². The van der Waals surface area contributed by atoms with Crippen LogP contribution in [0.15, 0.2) is 22.7 Å². The standard InChI is InChI=1S/C10H7ClN2O3/c11-6-2-9-8(14-4-15-9)1-5(6)7-3-10(12)13-16-7/h1-3H,4H2,(H2,12,13). The number of nitrogens with two attached hydrogens (primary N) is 1. The van der Waals surface area contributed by atoms with E-state index in [-0.39, 0.29) is 6.79 Å². The number of rotatable bonds is 1. The lowest BCUT2D eigenvalue weighted by Crippen LogP contribution is -1.92. The van der Waals surface area contributed by atoms with Gasteiger partial charge in [-0.3, -0.25) is 0 Å². The first kappa shape index (κ1) is 9.35. The van der Waals surface area contributed by atoms with Crippen LogP contribution in [0.4, 0.5) is 5.82 Å². The van der Waals surface area contributed by atoms with E-state index < -0.39 is 0 Å². The highest BCUT2D eigenvalue weighted by Gasteiger charge is 2.19. The van der Waals surface area contributed by atoms with Crippen molar-refractivity contribution in [3.05, 3.63) is 23.2 Å². The zero-order valence-electron chi connectivity index (χ0n) is 8.07. The first-order chi connectivity index (χ1) is 7.74. The summed E-state index contributed by atoms with van der Waals surface area (Å²) in [5.41, 5.74) is 6.15. The van der Waals surface area contributed by atoms with Crippen molar-refractivity contribution >= 4 is 17.4 Å². The number of anilines is 1. The van der Waals surface area contributed by atoms with Crippen LogP contribution in [0.25, 0.3) is 11.3 Å². The molecule has 0 radical (unpaired) electrons. The van der Waals surface area contributed by atoms with Gasteiger partial charge in [-0.1, -0.05) is 16.8 Å². The van der Waals surface area contributed by atoms with Crippen molar-refractivity contribution in [2.24, 2.45) is 0 Å². The van der Waals surface area contributed by atoms with Crippen molar-refractivity contribution in [2.45, 2.75) is 0 Å². The summed E-state index contributed by atoms with van der Waals surface area (Å²) in [6.45, 7) is 0.202. The van der Waals surface area contributed by atoms with Crippen LogP contribution in [-0.2, 0) is 0 Å². The van der Waals surface area contributed by atoms with Gasteiger partial charge in [0.2, 0.25) is 6.79 Å². The van der Waals surface area contributed by atoms with Gasteiger partial charge in [0.25, 0.3) is 0 Å². The predicted octanol–water partition coefficient (Wildman–Crippen LogP) is 2.31. The van der Waals surface area contributed by atoms with Gasteiger partial charge in [-0.05, 0) is 6.07 Å². The molecule has 0 aliphatic carbocycles. The van der Waals surface area contributed by atoms with Gasteiger partial charge in [0.15, 0.2) is 23.1 Å². The lowest BCUT2D eigenvalue weighted by Gasteiger charge is -2.01. The topological polar surface area (TPSA) is 70.5 Å². The van der Waals surface area contributed by atoms with Gasteiger partial charge >= 0.3 is 0 Å². The van der Waals surface area contributed by atoms with E-state index in [0.29, 0.717) is 33.7 Å². The quantitative estimate of drug-likeness (QED) is 0.826. The maximum Gasteiger partial charge on any atom is 0.231 e. The van der Waals surface area contributed by atoms with Gasteiger partial charge in [0.1, 0.15) is 0 Å². The Hall–Kier alpha value is -1.88. The highest BCUT2D eigenvalue weighted by Crippen LogP contribution is 2.41. The number of ether oxygens (including phenoxy) is 2. The minimum Gasteiger partial charge on any atom is -0.454 e. The largest absolute Gasteiger partial charge is 0.454 e. The summed E-state index contributed by atoms with van der Waals surface area (Å²) in [5.74, 6) is 2.07. The van der Waals surface area contributed by atoms with Crippen molar-refractivity contribution in [2.75, 3.05) is 12.5 Å². The Morgan fingerprint density at radius 3 is 2.62 bits per heavy atom. The normalized spacial score (nSPS) is 13.1. The fourth-order valence-corrected chi connectivity index (χ4v) is 1.77. The highest BCUT2D eigenvalue weighted by atomic mass is 35.5. The van der Waals surface area contributed by atoms with E-state index in [1.54, 1.807) is 18.2 Å². The molecule has 0 fully saturated rings. The Labute approximate surface area is 95.7 Å². The zero-order valence-corrected chi connectivity index (χ0v) is 8.82. The van der Waals surface area contributed by atoms with Crippen molar-refractivity contribution in [3.8, 4) is 22.8 Å². The summed E-state index contributed by atoms with van der Waals surface area (Å²) < 4.78 is 15.5. The molecule has 1 aliphatic heterocycles. The average molecular weight is 239 g/mol. The molecule has 6 heteroatoms. The number of benzene rings is 1. The van der Waals surface area contributed by atoms with Crippen LogP contribution < -0.4 is 15.2 Å². The van der Waals surface area contributed by atoms with Crippen LogP contribution in [0.3, 0.4) is 0 Å². The molecule has 0 spiro atoms. The van der Waals surface area contributed by atoms with E-state index in [2.05, 4.69) is 5.16 Å². The van der Waals surface area contributed by atoms with Crippen molar-refractivity contribution in [1.82, 2.24) is 5.16 Å². The van der Waals surface area contributed by atoms with Crippen LogP contribution in [0.2, 0.25) is 5.02 Å². The Kier molecular flexibility index (Phi) is 1.94. The smallest absolute Gasteiger partial charge is 0.231 e. The second-order valence-electron chi connectivity index (χ2n) is 3.30. The molecule has 3 rings (SSSR count). The number of nitrogen functional groups attached to an aromatic ring is 1. The first-order valence-electron chi connectivity index (χ1n) is 4.56. The van der Waals surface area contributed by atoms with E-state index >= 15 is 0 Å². The molecule has 1 aromatic carbocycles. The van der Waals surface area contributed by atoms with Crippen molar-refractivity contribution < 1.29 is 14.0 Å². The minimum absolute atomic E-state index is 0.202. The summed E-state index contributed by atoms with van der Waals surface area (Å²) in [7, 11) is 0. The predicted molar refractivity (Wildman–Crippen MR) is 57.5 cm³/mol. The second kappa shape index (κ2) is 3.31.